The van der Waals surface area contributed by atoms with Crippen LogP contribution in [0.2, 0.25) is 0 Å². The summed E-state index contributed by atoms with van der Waals surface area (Å²) in [4.78, 5) is 44.0. The van der Waals surface area contributed by atoms with E-state index in [1.165, 1.54) is 24.7 Å². The second-order valence-electron chi connectivity index (χ2n) is 7.60. The van der Waals surface area contributed by atoms with Crippen molar-refractivity contribution in [3.8, 4) is 5.75 Å². The number of phenols is 1. The monoisotopic (exact) mass is 394 g/mol. The molecule has 2 unspecified atom stereocenters. The molecule has 1 aliphatic heterocycles. The van der Waals surface area contributed by atoms with Gasteiger partial charge in [0.2, 0.25) is 0 Å². The van der Waals surface area contributed by atoms with Crippen LogP contribution in [0.5, 0.6) is 5.75 Å². The maximum absolute atomic E-state index is 13.3. The molecule has 2 aromatic heterocycles. The normalized spacial score (nSPS) is 18.7. The Labute approximate surface area is 166 Å². The zero-order chi connectivity index (χ0) is 21.0. The van der Waals surface area contributed by atoms with Crippen LogP contribution in [0, 0.1) is 0 Å². The predicted octanol–water partition coefficient (Wildman–Crippen LogP) is 1.49. The molecule has 0 radical (unpaired) electrons. The van der Waals surface area contributed by atoms with E-state index in [9.17, 15) is 19.5 Å². The van der Waals surface area contributed by atoms with Crippen LogP contribution in [-0.4, -0.2) is 36.1 Å². The number of carbonyl (C=O) groups is 1. The van der Waals surface area contributed by atoms with E-state index in [1.807, 2.05) is 19.9 Å². The summed E-state index contributed by atoms with van der Waals surface area (Å²) in [6, 6.07) is 7.97. The second kappa shape index (κ2) is 6.58. The zero-order valence-electron chi connectivity index (χ0n) is 16.7. The van der Waals surface area contributed by atoms with Crippen molar-refractivity contribution in [2.45, 2.75) is 32.4 Å². The van der Waals surface area contributed by atoms with E-state index in [0.717, 1.165) is 15.7 Å². The minimum Gasteiger partial charge on any atom is -0.508 e. The van der Waals surface area contributed by atoms with Crippen LogP contribution in [0.3, 0.4) is 0 Å². The van der Waals surface area contributed by atoms with Crippen molar-refractivity contribution in [3.05, 3.63) is 68.0 Å². The summed E-state index contributed by atoms with van der Waals surface area (Å²) in [5, 5.41) is 10.0. The van der Waals surface area contributed by atoms with Gasteiger partial charge in [0.15, 0.2) is 0 Å². The van der Waals surface area contributed by atoms with Gasteiger partial charge < -0.3 is 10.0 Å². The quantitative estimate of drug-likeness (QED) is 0.674. The number of aryl methyl sites for hydroxylation is 1. The molecule has 1 aromatic carbocycles. The Morgan fingerprint density at radius 1 is 1.10 bits per heavy atom. The number of benzene rings is 1. The number of aromatic nitrogens is 3. The smallest absolute Gasteiger partial charge is 0.332 e. The molecular weight excluding hydrogens is 372 g/mol. The summed E-state index contributed by atoms with van der Waals surface area (Å²) in [5.74, 6) is -0.0552. The molecule has 1 N–H and O–H groups in total. The molecule has 0 aliphatic carbocycles. The van der Waals surface area contributed by atoms with E-state index < -0.39 is 11.2 Å². The van der Waals surface area contributed by atoms with Gasteiger partial charge in [0, 0.05) is 20.1 Å². The van der Waals surface area contributed by atoms with Crippen molar-refractivity contribution in [2.75, 3.05) is 0 Å². The van der Waals surface area contributed by atoms with Crippen molar-refractivity contribution in [2.24, 2.45) is 14.1 Å². The minimum absolute atomic E-state index is 0.100. The number of rotatable bonds is 1. The van der Waals surface area contributed by atoms with Gasteiger partial charge in [0.1, 0.15) is 17.1 Å². The van der Waals surface area contributed by atoms with Crippen LogP contribution < -0.4 is 11.2 Å². The summed E-state index contributed by atoms with van der Waals surface area (Å²) in [6.45, 7) is 3.89. The molecule has 3 heterocycles. The summed E-state index contributed by atoms with van der Waals surface area (Å²) in [7, 11) is 2.94. The first kappa shape index (κ1) is 18.9. The van der Waals surface area contributed by atoms with Gasteiger partial charge in [-0.3, -0.25) is 18.7 Å². The van der Waals surface area contributed by atoms with Crippen LogP contribution in [0.15, 0.2) is 39.9 Å². The third kappa shape index (κ3) is 2.83. The Hall–Kier alpha value is -3.42. The molecule has 8 heteroatoms. The van der Waals surface area contributed by atoms with Crippen molar-refractivity contribution >= 4 is 16.9 Å². The first-order valence-corrected chi connectivity index (χ1v) is 9.42. The Balaban J connectivity index is 1.80. The van der Waals surface area contributed by atoms with Crippen molar-refractivity contribution in [1.82, 2.24) is 19.0 Å². The van der Waals surface area contributed by atoms with Gasteiger partial charge in [-0.2, -0.15) is 0 Å². The zero-order valence-corrected chi connectivity index (χ0v) is 16.7. The molecule has 8 nitrogen and oxygen atoms in total. The van der Waals surface area contributed by atoms with Crippen LogP contribution in [-0.2, 0) is 20.5 Å². The third-order valence-corrected chi connectivity index (χ3v) is 5.74. The van der Waals surface area contributed by atoms with E-state index in [4.69, 9.17) is 0 Å². The number of phenolic OH excluding ortho intramolecular Hbond substituents is 1. The number of carbonyl (C=O) groups excluding carboxylic acids is 1. The fourth-order valence-electron chi connectivity index (χ4n) is 4.21. The molecule has 0 saturated carbocycles. The Bertz CT molecular complexity index is 1270. The lowest BCUT2D eigenvalue weighted by atomic mass is 9.89. The van der Waals surface area contributed by atoms with Crippen molar-refractivity contribution in [3.63, 3.8) is 0 Å². The topological polar surface area (TPSA) is 97.4 Å². The predicted molar refractivity (Wildman–Crippen MR) is 108 cm³/mol. The van der Waals surface area contributed by atoms with Gasteiger partial charge in [-0.05, 0) is 55.7 Å². The van der Waals surface area contributed by atoms with Crippen LogP contribution >= 0.6 is 0 Å². The number of hydrogen-bond acceptors (Lipinski definition) is 5. The molecule has 0 fully saturated rings. The molecule has 3 aromatic rings. The number of aromatic hydroxyl groups is 1. The first-order chi connectivity index (χ1) is 13.7. The number of amides is 1. The molecule has 0 saturated heterocycles. The first-order valence-electron chi connectivity index (χ1n) is 9.42. The maximum Gasteiger partial charge on any atom is 0.332 e. The highest BCUT2D eigenvalue weighted by atomic mass is 16.3. The number of hydrogen-bond donors (Lipinski definition) is 1. The highest BCUT2D eigenvalue weighted by Gasteiger charge is 2.34. The summed E-state index contributed by atoms with van der Waals surface area (Å²) in [6.07, 6.45) is 0.617. The third-order valence-electron chi connectivity index (χ3n) is 5.74. The lowest BCUT2D eigenvalue weighted by Crippen LogP contribution is -2.45. The number of pyridine rings is 1. The van der Waals surface area contributed by atoms with Gasteiger partial charge in [-0.25, -0.2) is 9.78 Å². The molecular formula is C21H22N4O4. The lowest BCUT2D eigenvalue weighted by Gasteiger charge is -2.40. The molecule has 29 heavy (non-hydrogen) atoms. The van der Waals surface area contributed by atoms with E-state index in [0.29, 0.717) is 6.42 Å². The average Bonchev–Trinajstić information content (AvgIpc) is 2.69. The summed E-state index contributed by atoms with van der Waals surface area (Å²) >= 11 is 0. The standard InChI is InChI=1S/C21H22N4O4/c1-11-9-13-10-14(26)5-6-15(13)12(2)25(11)20(28)17-8-7-16-18(22-17)23(3)21(29)24(4)19(16)27/h5-8,10-12,26H,9H2,1-4H3. The van der Waals surface area contributed by atoms with Gasteiger partial charge in [0.25, 0.3) is 11.5 Å². The number of fused-ring (bicyclic) bond motifs is 2. The van der Waals surface area contributed by atoms with Gasteiger partial charge in [-0.15, -0.1) is 0 Å². The van der Waals surface area contributed by atoms with Crippen LogP contribution in [0.1, 0.15) is 41.5 Å². The molecule has 1 aliphatic rings. The van der Waals surface area contributed by atoms with Gasteiger partial charge in [-0.1, -0.05) is 6.07 Å². The fraction of sp³-hybridized carbons (Fsp3) is 0.333. The maximum atomic E-state index is 13.3. The fourth-order valence-corrected chi connectivity index (χ4v) is 4.21. The summed E-state index contributed by atoms with van der Waals surface area (Å²) in [5.41, 5.74) is 1.44. The number of nitrogens with zero attached hydrogens (tertiary/aromatic N) is 4. The Morgan fingerprint density at radius 3 is 2.55 bits per heavy atom. The second-order valence-corrected chi connectivity index (χ2v) is 7.60. The Morgan fingerprint density at radius 2 is 1.83 bits per heavy atom. The van der Waals surface area contributed by atoms with Gasteiger partial charge in [0.05, 0.1) is 11.4 Å². The van der Waals surface area contributed by atoms with Crippen molar-refractivity contribution < 1.29 is 9.90 Å². The molecule has 1 amide bonds. The van der Waals surface area contributed by atoms with E-state index in [1.54, 1.807) is 23.1 Å². The molecule has 0 spiro atoms. The van der Waals surface area contributed by atoms with E-state index in [-0.39, 0.29) is 40.5 Å². The van der Waals surface area contributed by atoms with Crippen molar-refractivity contribution in [1.29, 1.82) is 0 Å². The highest BCUT2D eigenvalue weighted by molar-refractivity contribution is 5.95. The van der Waals surface area contributed by atoms with E-state index in [2.05, 4.69) is 4.98 Å². The minimum atomic E-state index is -0.493. The van der Waals surface area contributed by atoms with E-state index >= 15 is 0 Å². The molecule has 4 rings (SSSR count). The largest absolute Gasteiger partial charge is 0.508 e. The summed E-state index contributed by atoms with van der Waals surface area (Å²) < 4.78 is 2.29. The highest BCUT2D eigenvalue weighted by Crippen LogP contribution is 2.35. The Kier molecular flexibility index (Phi) is 4.29. The van der Waals surface area contributed by atoms with Crippen LogP contribution in [0.25, 0.3) is 11.0 Å². The average molecular weight is 394 g/mol. The molecule has 150 valence electrons. The molecule has 2 atom stereocenters. The SMILES string of the molecule is CC1Cc2cc(O)ccc2C(C)N1C(=O)c1ccc2c(=O)n(C)c(=O)n(C)c2n1. The lowest BCUT2D eigenvalue weighted by molar-refractivity contribution is 0.0574. The molecule has 0 bridgehead atoms. The van der Waals surface area contributed by atoms with Gasteiger partial charge >= 0.3 is 5.69 Å². The van der Waals surface area contributed by atoms with Crippen LogP contribution in [0.4, 0.5) is 0 Å².